The Morgan fingerprint density at radius 3 is 2.68 bits per heavy atom. The molecule has 0 aliphatic heterocycles. The number of alkyl carbamates (subject to hydrolysis) is 1. The second-order valence-corrected chi connectivity index (χ2v) is 7.89. The summed E-state index contributed by atoms with van der Waals surface area (Å²) in [6.07, 6.45) is 4.33. The molecular formula is C20H32N2O3. The number of rotatable bonds is 6. The minimum atomic E-state index is -0.466. The largest absolute Gasteiger partial charge is 0.444 e. The Bertz CT molecular complexity index is 554. The van der Waals surface area contributed by atoms with E-state index in [4.69, 9.17) is 4.74 Å². The summed E-state index contributed by atoms with van der Waals surface area (Å²) in [5.41, 5.74) is 1.65. The van der Waals surface area contributed by atoms with E-state index in [-0.39, 0.29) is 12.7 Å². The molecule has 1 aromatic rings. The van der Waals surface area contributed by atoms with E-state index in [0.717, 1.165) is 24.9 Å². The smallest absolute Gasteiger partial charge is 0.407 e. The lowest BCUT2D eigenvalue weighted by molar-refractivity contribution is 0.0510. The number of amides is 1. The van der Waals surface area contributed by atoms with E-state index in [1.807, 2.05) is 39.0 Å². The second kappa shape index (κ2) is 9.20. The van der Waals surface area contributed by atoms with Gasteiger partial charge in [0.2, 0.25) is 0 Å². The van der Waals surface area contributed by atoms with E-state index in [2.05, 4.69) is 16.7 Å². The molecule has 1 saturated carbocycles. The molecule has 0 spiro atoms. The maximum atomic E-state index is 11.9. The van der Waals surface area contributed by atoms with Crippen LogP contribution < -0.4 is 10.6 Å². The molecule has 0 heterocycles. The molecule has 0 radical (unpaired) electrons. The number of hydrogen-bond acceptors (Lipinski definition) is 4. The zero-order valence-electron chi connectivity index (χ0n) is 15.7. The predicted molar refractivity (Wildman–Crippen MR) is 99.2 cm³/mol. The Labute approximate surface area is 151 Å². The molecule has 1 aromatic carbocycles. The number of nitrogens with one attached hydrogen (secondary N) is 2. The van der Waals surface area contributed by atoms with Crippen LogP contribution >= 0.6 is 0 Å². The fourth-order valence-corrected chi connectivity index (χ4v) is 3.34. The van der Waals surface area contributed by atoms with Crippen LogP contribution in [0.4, 0.5) is 4.79 Å². The molecule has 5 heteroatoms. The van der Waals surface area contributed by atoms with Gasteiger partial charge >= 0.3 is 6.09 Å². The first kappa shape index (κ1) is 19.7. The van der Waals surface area contributed by atoms with E-state index in [1.165, 1.54) is 18.4 Å². The van der Waals surface area contributed by atoms with Crippen LogP contribution in [0.15, 0.2) is 24.3 Å². The van der Waals surface area contributed by atoms with E-state index in [0.29, 0.717) is 18.5 Å². The zero-order valence-corrected chi connectivity index (χ0v) is 15.7. The molecular weight excluding hydrogens is 316 g/mol. The lowest BCUT2D eigenvalue weighted by Crippen LogP contribution is -2.44. The summed E-state index contributed by atoms with van der Waals surface area (Å²) in [6, 6.07) is 8.40. The minimum Gasteiger partial charge on any atom is -0.444 e. The van der Waals surface area contributed by atoms with Crippen LogP contribution in [0.5, 0.6) is 0 Å². The van der Waals surface area contributed by atoms with Gasteiger partial charge in [-0.25, -0.2) is 4.79 Å². The van der Waals surface area contributed by atoms with Gasteiger partial charge in [-0.05, 0) is 50.7 Å². The van der Waals surface area contributed by atoms with Gasteiger partial charge in [-0.1, -0.05) is 37.1 Å². The summed E-state index contributed by atoms with van der Waals surface area (Å²) < 4.78 is 5.32. The summed E-state index contributed by atoms with van der Waals surface area (Å²) >= 11 is 0. The van der Waals surface area contributed by atoms with Gasteiger partial charge in [-0.2, -0.15) is 0 Å². The van der Waals surface area contributed by atoms with Crippen molar-refractivity contribution in [2.24, 2.45) is 5.92 Å². The van der Waals surface area contributed by atoms with Gasteiger partial charge in [0, 0.05) is 19.1 Å². The molecule has 1 fully saturated rings. The SMILES string of the molecule is CC(C)(C)OC(=O)NCC1CCCCC1NCc1cccc(CO)c1. The Balaban J connectivity index is 1.84. The Morgan fingerprint density at radius 1 is 1.24 bits per heavy atom. The molecule has 2 rings (SSSR count). The van der Waals surface area contributed by atoms with Gasteiger partial charge in [-0.15, -0.1) is 0 Å². The van der Waals surface area contributed by atoms with E-state index in [1.54, 1.807) is 0 Å². The van der Waals surface area contributed by atoms with E-state index < -0.39 is 5.60 Å². The zero-order chi connectivity index (χ0) is 18.3. The second-order valence-electron chi connectivity index (χ2n) is 7.89. The van der Waals surface area contributed by atoms with Crippen LogP contribution in [0.2, 0.25) is 0 Å². The minimum absolute atomic E-state index is 0.0691. The van der Waals surface area contributed by atoms with E-state index in [9.17, 15) is 9.90 Å². The van der Waals surface area contributed by atoms with Gasteiger partial charge in [-0.3, -0.25) is 0 Å². The number of aliphatic hydroxyl groups excluding tert-OH is 1. The van der Waals surface area contributed by atoms with Crippen molar-refractivity contribution in [2.45, 2.75) is 71.2 Å². The third kappa shape index (κ3) is 7.04. The van der Waals surface area contributed by atoms with Gasteiger partial charge in [0.15, 0.2) is 0 Å². The maximum absolute atomic E-state index is 11.9. The fourth-order valence-electron chi connectivity index (χ4n) is 3.34. The van der Waals surface area contributed by atoms with Crippen molar-refractivity contribution in [3.8, 4) is 0 Å². The maximum Gasteiger partial charge on any atom is 0.407 e. The standard InChI is InChI=1S/C20H32N2O3/c1-20(2,3)25-19(24)22-13-17-9-4-5-10-18(17)21-12-15-7-6-8-16(11-15)14-23/h6-8,11,17-18,21,23H,4-5,9-10,12-14H2,1-3H3,(H,22,24). The number of carbonyl (C=O) groups is 1. The summed E-state index contributed by atoms with van der Waals surface area (Å²) in [6.45, 7) is 7.11. The first-order chi connectivity index (χ1) is 11.9. The molecule has 0 saturated heterocycles. The molecule has 1 aliphatic carbocycles. The summed E-state index contributed by atoms with van der Waals surface area (Å²) in [7, 11) is 0. The van der Waals surface area contributed by atoms with Crippen molar-refractivity contribution >= 4 is 6.09 Å². The molecule has 0 bridgehead atoms. The Hall–Kier alpha value is -1.59. The lowest BCUT2D eigenvalue weighted by Gasteiger charge is -2.33. The summed E-state index contributed by atoms with van der Waals surface area (Å²) in [4.78, 5) is 11.9. The van der Waals surface area contributed by atoms with Crippen LogP contribution in [0.1, 0.15) is 57.6 Å². The fraction of sp³-hybridized carbons (Fsp3) is 0.650. The quantitative estimate of drug-likeness (QED) is 0.737. The van der Waals surface area contributed by atoms with Crippen molar-refractivity contribution in [1.82, 2.24) is 10.6 Å². The first-order valence-electron chi connectivity index (χ1n) is 9.26. The highest BCUT2D eigenvalue weighted by molar-refractivity contribution is 5.67. The molecule has 1 amide bonds. The molecule has 1 aliphatic rings. The Morgan fingerprint density at radius 2 is 1.96 bits per heavy atom. The molecule has 140 valence electrons. The van der Waals surface area contributed by atoms with Crippen LogP contribution in [-0.2, 0) is 17.9 Å². The Kier molecular flexibility index (Phi) is 7.26. The molecule has 2 atom stereocenters. The molecule has 25 heavy (non-hydrogen) atoms. The topological polar surface area (TPSA) is 70.6 Å². The number of aliphatic hydroxyl groups is 1. The number of benzene rings is 1. The third-order valence-corrected chi connectivity index (χ3v) is 4.56. The van der Waals surface area contributed by atoms with E-state index >= 15 is 0 Å². The molecule has 0 aromatic heterocycles. The monoisotopic (exact) mass is 348 g/mol. The predicted octanol–water partition coefficient (Wildman–Crippen LogP) is 3.35. The van der Waals surface area contributed by atoms with Crippen LogP contribution in [0.25, 0.3) is 0 Å². The first-order valence-corrected chi connectivity index (χ1v) is 9.26. The number of carbonyl (C=O) groups excluding carboxylic acids is 1. The van der Waals surface area contributed by atoms with Crippen molar-refractivity contribution in [1.29, 1.82) is 0 Å². The third-order valence-electron chi connectivity index (χ3n) is 4.56. The van der Waals surface area contributed by atoms with Crippen LogP contribution in [0.3, 0.4) is 0 Å². The lowest BCUT2D eigenvalue weighted by atomic mass is 9.84. The number of hydrogen-bond donors (Lipinski definition) is 3. The van der Waals surface area contributed by atoms with Crippen molar-refractivity contribution in [3.05, 3.63) is 35.4 Å². The summed E-state index contributed by atoms with van der Waals surface area (Å²) in [5.74, 6) is 0.419. The highest BCUT2D eigenvalue weighted by atomic mass is 16.6. The van der Waals surface area contributed by atoms with Crippen LogP contribution in [0, 0.1) is 5.92 Å². The molecule has 5 nitrogen and oxygen atoms in total. The average Bonchev–Trinajstić information content (AvgIpc) is 2.57. The van der Waals surface area contributed by atoms with Crippen molar-refractivity contribution in [3.63, 3.8) is 0 Å². The summed E-state index contributed by atoms with van der Waals surface area (Å²) in [5, 5.41) is 15.8. The highest BCUT2D eigenvalue weighted by Gasteiger charge is 2.26. The highest BCUT2D eigenvalue weighted by Crippen LogP contribution is 2.24. The molecule has 2 unspecified atom stereocenters. The van der Waals surface area contributed by atoms with Gasteiger partial charge < -0.3 is 20.5 Å². The normalized spacial score (nSPS) is 21.0. The van der Waals surface area contributed by atoms with Gasteiger partial charge in [0.05, 0.1) is 6.61 Å². The van der Waals surface area contributed by atoms with Gasteiger partial charge in [0.25, 0.3) is 0 Å². The number of ether oxygens (including phenoxy) is 1. The average molecular weight is 348 g/mol. The van der Waals surface area contributed by atoms with Crippen molar-refractivity contribution < 1.29 is 14.6 Å². The van der Waals surface area contributed by atoms with Crippen molar-refractivity contribution in [2.75, 3.05) is 6.54 Å². The molecule has 3 N–H and O–H groups in total. The van der Waals surface area contributed by atoms with Crippen LogP contribution in [-0.4, -0.2) is 29.4 Å². The van der Waals surface area contributed by atoms with Gasteiger partial charge in [0.1, 0.15) is 5.60 Å².